The number of nitrogens with zero attached hydrogens (tertiary/aromatic N) is 3. The zero-order chi connectivity index (χ0) is 18.7. The first-order chi connectivity index (χ1) is 12.4. The number of hydrogen-bond acceptors (Lipinski definition) is 4. The first kappa shape index (κ1) is 18.6. The summed E-state index contributed by atoms with van der Waals surface area (Å²) in [5.74, 6) is -0.540. The number of pyridine rings is 1. The van der Waals surface area contributed by atoms with Crippen molar-refractivity contribution in [2.75, 3.05) is 38.5 Å². The molecule has 8 heteroatoms. The van der Waals surface area contributed by atoms with E-state index in [9.17, 15) is 9.59 Å². The molecule has 3 rings (SSSR count). The zero-order valence-corrected chi connectivity index (χ0v) is 15.7. The second-order valence-electron chi connectivity index (χ2n) is 6.10. The minimum atomic E-state index is -0.442. The van der Waals surface area contributed by atoms with Crippen molar-refractivity contribution in [1.29, 1.82) is 0 Å². The largest absolute Gasteiger partial charge is 0.336 e. The summed E-state index contributed by atoms with van der Waals surface area (Å²) in [4.78, 5) is 33.1. The highest BCUT2D eigenvalue weighted by molar-refractivity contribution is 6.36. The predicted molar refractivity (Wildman–Crippen MR) is 102 cm³/mol. The van der Waals surface area contributed by atoms with Gasteiger partial charge in [-0.2, -0.15) is 0 Å². The summed E-state index contributed by atoms with van der Waals surface area (Å²) < 4.78 is 0. The van der Waals surface area contributed by atoms with Gasteiger partial charge in [0.05, 0.1) is 10.7 Å². The fraction of sp³-hybridized carbons (Fsp3) is 0.278. The van der Waals surface area contributed by atoms with Gasteiger partial charge >= 0.3 is 0 Å². The van der Waals surface area contributed by atoms with Crippen molar-refractivity contribution >= 4 is 40.7 Å². The molecule has 0 radical (unpaired) electrons. The molecule has 1 aromatic heterocycles. The number of likely N-dealkylation sites (N-methyl/N-ethyl adjacent to an activating group) is 1. The molecular formula is C18H18Cl2N4O2. The lowest BCUT2D eigenvalue weighted by atomic mass is 10.1. The Morgan fingerprint density at radius 3 is 2.50 bits per heavy atom. The number of nitrogens with one attached hydrogen (secondary N) is 1. The molecule has 136 valence electrons. The first-order valence-corrected chi connectivity index (χ1v) is 8.90. The Kier molecular flexibility index (Phi) is 5.76. The number of anilines is 1. The van der Waals surface area contributed by atoms with Crippen LogP contribution in [0.15, 0.2) is 36.5 Å². The highest BCUT2D eigenvalue weighted by atomic mass is 35.5. The molecule has 2 heterocycles. The SMILES string of the molecule is CN1CCN(C(=O)c2ccnc(C(=O)Nc3ccc(Cl)cc3Cl)c2)CC1. The third-order valence-corrected chi connectivity index (χ3v) is 4.76. The number of piperazine rings is 1. The smallest absolute Gasteiger partial charge is 0.274 e. The number of carbonyl (C=O) groups is 2. The molecule has 1 N–H and O–H groups in total. The van der Waals surface area contributed by atoms with Gasteiger partial charge in [-0.3, -0.25) is 14.6 Å². The van der Waals surface area contributed by atoms with E-state index in [1.807, 2.05) is 7.05 Å². The van der Waals surface area contributed by atoms with Crippen molar-refractivity contribution in [1.82, 2.24) is 14.8 Å². The molecule has 0 saturated carbocycles. The normalized spacial score (nSPS) is 15.0. The van der Waals surface area contributed by atoms with E-state index in [1.54, 1.807) is 29.2 Å². The van der Waals surface area contributed by atoms with Crippen molar-refractivity contribution in [2.45, 2.75) is 0 Å². The van der Waals surface area contributed by atoms with E-state index in [1.165, 1.54) is 12.3 Å². The summed E-state index contributed by atoms with van der Waals surface area (Å²) in [6, 6.07) is 7.90. The average molecular weight is 393 g/mol. The molecule has 26 heavy (non-hydrogen) atoms. The van der Waals surface area contributed by atoms with Crippen LogP contribution in [0, 0.1) is 0 Å². The molecule has 2 amide bonds. The van der Waals surface area contributed by atoms with E-state index in [0.29, 0.717) is 34.4 Å². The molecule has 0 unspecified atom stereocenters. The third-order valence-electron chi connectivity index (χ3n) is 4.21. The van der Waals surface area contributed by atoms with Crippen molar-refractivity contribution in [2.24, 2.45) is 0 Å². The number of rotatable bonds is 3. The molecule has 6 nitrogen and oxygen atoms in total. The fourth-order valence-corrected chi connectivity index (χ4v) is 3.11. The molecule has 0 atom stereocenters. The van der Waals surface area contributed by atoms with E-state index < -0.39 is 5.91 Å². The number of hydrogen-bond donors (Lipinski definition) is 1. The van der Waals surface area contributed by atoms with E-state index in [4.69, 9.17) is 23.2 Å². The summed E-state index contributed by atoms with van der Waals surface area (Å²) in [6.07, 6.45) is 1.46. The molecule has 0 aliphatic carbocycles. The lowest BCUT2D eigenvalue weighted by Crippen LogP contribution is -2.47. The van der Waals surface area contributed by atoms with Crippen molar-refractivity contribution in [3.63, 3.8) is 0 Å². The van der Waals surface area contributed by atoms with E-state index >= 15 is 0 Å². The van der Waals surface area contributed by atoms with Gasteiger partial charge in [-0.1, -0.05) is 23.2 Å². The van der Waals surface area contributed by atoms with Gasteiger partial charge in [0, 0.05) is 43.0 Å². The number of benzene rings is 1. The summed E-state index contributed by atoms with van der Waals surface area (Å²) in [5, 5.41) is 3.49. The van der Waals surface area contributed by atoms with Crippen LogP contribution < -0.4 is 5.32 Å². The molecule has 0 spiro atoms. The lowest BCUT2D eigenvalue weighted by Gasteiger charge is -2.32. The van der Waals surface area contributed by atoms with Crippen LogP contribution in [-0.4, -0.2) is 59.8 Å². The molecule has 2 aromatic rings. The van der Waals surface area contributed by atoms with Crippen LogP contribution in [0.4, 0.5) is 5.69 Å². The van der Waals surface area contributed by atoms with Gasteiger partial charge in [0.15, 0.2) is 0 Å². The van der Waals surface area contributed by atoms with Crippen molar-refractivity contribution in [3.05, 3.63) is 57.8 Å². The Labute approximate surface area is 161 Å². The van der Waals surface area contributed by atoms with Gasteiger partial charge in [-0.05, 0) is 37.4 Å². The fourth-order valence-electron chi connectivity index (χ4n) is 2.66. The standard InChI is InChI=1S/C18H18Cl2N4O2/c1-23-6-8-24(9-7-23)18(26)12-4-5-21-16(10-12)17(25)22-15-3-2-13(19)11-14(15)20/h2-5,10-11H,6-9H2,1H3,(H,22,25). The number of amides is 2. The summed E-state index contributed by atoms with van der Waals surface area (Å²) >= 11 is 11.9. The molecule has 1 aromatic carbocycles. The van der Waals surface area contributed by atoms with Crippen LogP contribution in [0.25, 0.3) is 0 Å². The third kappa shape index (κ3) is 4.33. The zero-order valence-electron chi connectivity index (χ0n) is 14.2. The molecular weight excluding hydrogens is 375 g/mol. The lowest BCUT2D eigenvalue weighted by molar-refractivity contribution is 0.0664. The monoisotopic (exact) mass is 392 g/mol. The number of carbonyl (C=O) groups excluding carboxylic acids is 2. The number of aromatic nitrogens is 1. The van der Waals surface area contributed by atoms with Crippen LogP contribution in [0.1, 0.15) is 20.8 Å². The van der Waals surface area contributed by atoms with Crippen molar-refractivity contribution in [3.8, 4) is 0 Å². The molecule has 0 bridgehead atoms. The summed E-state index contributed by atoms with van der Waals surface area (Å²) in [7, 11) is 2.03. The predicted octanol–water partition coefficient (Wildman–Crippen LogP) is 3.03. The van der Waals surface area contributed by atoms with E-state index in [0.717, 1.165) is 13.1 Å². The Morgan fingerprint density at radius 1 is 1.08 bits per heavy atom. The van der Waals surface area contributed by atoms with Gasteiger partial charge in [-0.15, -0.1) is 0 Å². The minimum absolute atomic E-state index is 0.0981. The van der Waals surface area contributed by atoms with Crippen LogP contribution >= 0.6 is 23.2 Å². The Morgan fingerprint density at radius 2 is 1.81 bits per heavy atom. The molecule has 1 saturated heterocycles. The molecule has 1 fully saturated rings. The molecule has 1 aliphatic rings. The maximum absolute atomic E-state index is 12.6. The average Bonchev–Trinajstić information content (AvgIpc) is 2.64. The topological polar surface area (TPSA) is 65.5 Å². The van der Waals surface area contributed by atoms with E-state index in [2.05, 4.69) is 15.2 Å². The van der Waals surface area contributed by atoms with Crippen LogP contribution in [0.3, 0.4) is 0 Å². The second-order valence-corrected chi connectivity index (χ2v) is 6.95. The van der Waals surface area contributed by atoms with Gasteiger partial charge in [0.25, 0.3) is 11.8 Å². The van der Waals surface area contributed by atoms with Crippen LogP contribution in [0.2, 0.25) is 10.0 Å². The van der Waals surface area contributed by atoms with Crippen LogP contribution in [0.5, 0.6) is 0 Å². The highest BCUT2D eigenvalue weighted by Gasteiger charge is 2.21. The molecule has 1 aliphatic heterocycles. The van der Waals surface area contributed by atoms with Gasteiger partial charge in [0.2, 0.25) is 0 Å². The highest BCUT2D eigenvalue weighted by Crippen LogP contribution is 2.25. The van der Waals surface area contributed by atoms with E-state index in [-0.39, 0.29) is 11.6 Å². The summed E-state index contributed by atoms with van der Waals surface area (Å²) in [6.45, 7) is 3.00. The Hall–Kier alpha value is -2.15. The maximum Gasteiger partial charge on any atom is 0.274 e. The maximum atomic E-state index is 12.6. The Balaban J connectivity index is 1.74. The van der Waals surface area contributed by atoms with Gasteiger partial charge in [-0.25, -0.2) is 0 Å². The summed E-state index contributed by atoms with van der Waals surface area (Å²) in [5.41, 5.74) is 1.02. The van der Waals surface area contributed by atoms with Crippen molar-refractivity contribution < 1.29 is 9.59 Å². The first-order valence-electron chi connectivity index (χ1n) is 8.14. The van der Waals surface area contributed by atoms with Gasteiger partial charge in [0.1, 0.15) is 5.69 Å². The second kappa shape index (κ2) is 8.03. The van der Waals surface area contributed by atoms with Crippen LogP contribution in [-0.2, 0) is 0 Å². The minimum Gasteiger partial charge on any atom is -0.336 e. The van der Waals surface area contributed by atoms with Gasteiger partial charge < -0.3 is 15.1 Å². The Bertz CT molecular complexity index is 836. The quantitative estimate of drug-likeness (QED) is 0.871. The number of halogens is 2.